The number of morpholine rings is 1. The average molecular weight is 419 g/mol. The molecule has 0 unspecified atom stereocenters. The van der Waals surface area contributed by atoms with E-state index < -0.39 is 0 Å². The Morgan fingerprint density at radius 3 is 2.61 bits per heavy atom. The first-order chi connectivity index (χ1) is 13.7. The second kappa shape index (κ2) is 11.4. The SMILES string of the molecule is Cc1ccc(Sc2nccnc2SCC(=O)NCCCN2CCOCC2)cc1. The van der Waals surface area contributed by atoms with Crippen LogP contribution in [0, 0.1) is 6.92 Å². The molecule has 1 saturated heterocycles. The number of carbonyl (C=O) groups excluding carboxylic acids is 1. The van der Waals surface area contributed by atoms with E-state index in [2.05, 4.69) is 51.4 Å². The molecule has 1 amide bonds. The molecule has 1 aliphatic rings. The zero-order valence-corrected chi connectivity index (χ0v) is 17.7. The average Bonchev–Trinajstić information content (AvgIpc) is 2.73. The number of hydrogen-bond acceptors (Lipinski definition) is 7. The van der Waals surface area contributed by atoms with Gasteiger partial charge in [0.05, 0.1) is 19.0 Å². The zero-order chi connectivity index (χ0) is 19.6. The third-order valence-corrected chi connectivity index (χ3v) is 6.39. The van der Waals surface area contributed by atoms with Crippen LogP contribution in [0.3, 0.4) is 0 Å². The highest BCUT2D eigenvalue weighted by Gasteiger charge is 2.12. The molecule has 0 spiro atoms. The van der Waals surface area contributed by atoms with Crippen LogP contribution in [-0.4, -0.2) is 65.9 Å². The van der Waals surface area contributed by atoms with Crippen molar-refractivity contribution in [2.75, 3.05) is 45.1 Å². The molecule has 0 bridgehead atoms. The van der Waals surface area contributed by atoms with Gasteiger partial charge in [0.15, 0.2) is 0 Å². The van der Waals surface area contributed by atoms with Crippen LogP contribution in [0.2, 0.25) is 0 Å². The second-order valence-corrected chi connectivity index (χ2v) is 8.55. The van der Waals surface area contributed by atoms with Crippen LogP contribution in [0.25, 0.3) is 0 Å². The largest absolute Gasteiger partial charge is 0.379 e. The van der Waals surface area contributed by atoms with Crippen molar-refractivity contribution < 1.29 is 9.53 Å². The summed E-state index contributed by atoms with van der Waals surface area (Å²) < 4.78 is 5.34. The number of aryl methyl sites for hydroxylation is 1. The summed E-state index contributed by atoms with van der Waals surface area (Å²) in [5.41, 5.74) is 1.23. The van der Waals surface area contributed by atoms with Gasteiger partial charge in [-0.3, -0.25) is 9.69 Å². The molecule has 8 heteroatoms. The molecule has 1 aliphatic heterocycles. The maximum atomic E-state index is 12.2. The van der Waals surface area contributed by atoms with Crippen molar-refractivity contribution >= 4 is 29.4 Å². The van der Waals surface area contributed by atoms with E-state index in [0.29, 0.717) is 12.3 Å². The van der Waals surface area contributed by atoms with E-state index in [1.807, 2.05) is 0 Å². The molecular weight excluding hydrogens is 392 g/mol. The molecule has 150 valence electrons. The number of carbonyl (C=O) groups is 1. The maximum Gasteiger partial charge on any atom is 0.230 e. The Labute approximate surface area is 174 Å². The predicted molar refractivity (Wildman–Crippen MR) is 113 cm³/mol. The van der Waals surface area contributed by atoms with Gasteiger partial charge < -0.3 is 10.1 Å². The lowest BCUT2D eigenvalue weighted by Gasteiger charge is -2.26. The van der Waals surface area contributed by atoms with Crippen LogP contribution < -0.4 is 5.32 Å². The number of rotatable bonds is 9. The van der Waals surface area contributed by atoms with Crippen molar-refractivity contribution in [3.8, 4) is 0 Å². The molecule has 6 nitrogen and oxygen atoms in total. The normalized spacial score (nSPS) is 14.8. The molecule has 0 atom stereocenters. The highest BCUT2D eigenvalue weighted by atomic mass is 32.2. The molecule has 1 N–H and O–H groups in total. The summed E-state index contributed by atoms with van der Waals surface area (Å²) in [5.74, 6) is 0.376. The molecule has 0 aliphatic carbocycles. The molecule has 28 heavy (non-hydrogen) atoms. The Morgan fingerprint density at radius 1 is 1.14 bits per heavy atom. The zero-order valence-electron chi connectivity index (χ0n) is 16.1. The molecule has 3 rings (SSSR count). The van der Waals surface area contributed by atoms with E-state index in [-0.39, 0.29) is 5.91 Å². The molecule has 2 heterocycles. The molecule has 1 aromatic carbocycles. The van der Waals surface area contributed by atoms with E-state index in [1.165, 1.54) is 17.3 Å². The lowest BCUT2D eigenvalue weighted by molar-refractivity contribution is -0.118. The summed E-state index contributed by atoms with van der Waals surface area (Å²) in [6.45, 7) is 7.35. The van der Waals surface area contributed by atoms with E-state index >= 15 is 0 Å². The number of nitrogens with zero attached hydrogens (tertiary/aromatic N) is 3. The van der Waals surface area contributed by atoms with Gasteiger partial charge in [-0.25, -0.2) is 9.97 Å². The Morgan fingerprint density at radius 2 is 1.86 bits per heavy atom. The van der Waals surface area contributed by atoms with Crippen LogP contribution in [0.5, 0.6) is 0 Å². The summed E-state index contributed by atoms with van der Waals surface area (Å²) >= 11 is 3.00. The number of thioether (sulfide) groups is 1. The van der Waals surface area contributed by atoms with Crippen LogP contribution in [-0.2, 0) is 9.53 Å². The number of hydrogen-bond donors (Lipinski definition) is 1. The van der Waals surface area contributed by atoms with Gasteiger partial charge in [-0.05, 0) is 32.0 Å². The number of benzene rings is 1. The molecular formula is C20H26N4O2S2. The molecule has 1 aromatic heterocycles. The quantitative estimate of drug-likeness (QED) is 0.496. The van der Waals surface area contributed by atoms with Crippen molar-refractivity contribution in [1.29, 1.82) is 0 Å². The van der Waals surface area contributed by atoms with Gasteiger partial charge >= 0.3 is 0 Å². The van der Waals surface area contributed by atoms with Gasteiger partial charge in [-0.15, -0.1) is 0 Å². The first kappa shape index (κ1) is 21.1. The summed E-state index contributed by atoms with van der Waals surface area (Å²) in [6, 6.07) is 8.31. The minimum atomic E-state index is 0.0314. The van der Waals surface area contributed by atoms with E-state index in [4.69, 9.17) is 4.74 Å². The lowest BCUT2D eigenvalue weighted by atomic mass is 10.2. The van der Waals surface area contributed by atoms with Gasteiger partial charge in [-0.1, -0.05) is 41.2 Å². The third kappa shape index (κ3) is 7.09. The summed E-state index contributed by atoms with van der Waals surface area (Å²) in [4.78, 5) is 24.5. The fourth-order valence-corrected chi connectivity index (χ4v) is 4.47. The van der Waals surface area contributed by atoms with E-state index in [0.717, 1.165) is 54.2 Å². The van der Waals surface area contributed by atoms with E-state index in [9.17, 15) is 4.79 Å². The first-order valence-corrected chi connectivity index (χ1v) is 11.3. The van der Waals surface area contributed by atoms with Crippen molar-refractivity contribution in [3.05, 3.63) is 42.2 Å². The number of nitrogens with one attached hydrogen (secondary N) is 1. The van der Waals surface area contributed by atoms with Gasteiger partial charge in [0.2, 0.25) is 5.91 Å². The molecule has 1 fully saturated rings. The Kier molecular flexibility index (Phi) is 8.60. The topological polar surface area (TPSA) is 67.4 Å². The van der Waals surface area contributed by atoms with Crippen LogP contribution in [0.4, 0.5) is 0 Å². The van der Waals surface area contributed by atoms with Gasteiger partial charge in [-0.2, -0.15) is 0 Å². The lowest BCUT2D eigenvalue weighted by Crippen LogP contribution is -2.38. The fraction of sp³-hybridized carbons (Fsp3) is 0.450. The van der Waals surface area contributed by atoms with Crippen LogP contribution >= 0.6 is 23.5 Å². The molecule has 0 radical (unpaired) electrons. The number of ether oxygens (including phenoxy) is 1. The third-order valence-electron chi connectivity index (χ3n) is 4.29. The van der Waals surface area contributed by atoms with E-state index in [1.54, 1.807) is 24.2 Å². The maximum absolute atomic E-state index is 12.2. The van der Waals surface area contributed by atoms with Gasteiger partial charge in [0.25, 0.3) is 0 Å². The van der Waals surface area contributed by atoms with Crippen molar-refractivity contribution in [1.82, 2.24) is 20.2 Å². The summed E-state index contributed by atoms with van der Waals surface area (Å²) in [7, 11) is 0. The minimum Gasteiger partial charge on any atom is -0.379 e. The van der Waals surface area contributed by atoms with Crippen LogP contribution in [0.15, 0.2) is 51.6 Å². The Bertz CT molecular complexity index is 752. The predicted octanol–water partition coefficient (Wildman–Crippen LogP) is 2.87. The van der Waals surface area contributed by atoms with Crippen LogP contribution in [0.1, 0.15) is 12.0 Å². The van der Waals surface area contributed by atoms with Crippen molar-refractivity contribution in [3.63, 3.8) is 0 Å². The summed E-state index contributed by atoms with van der Waals surface area (Å²) in [5, 5.41) is 4.61. The molecule has 0 saturated carbocycles. The monoisotopic (exact) mass is 418 g/mol. The summed E-state index contributed by atoms with van der Waals surface area (Å²) in [6.07, 6.45) is 4.31. The number of amides is 1. The Hall–Kier alpha value is -1.61. The molecule has 2 aromatic rings. The second-order valence-electron chi connectivity index (χ2n) is 6.53. The first-order valence-electron chi connectivity index (χ1n) is 9.46. The Balaban J connectivity index is 1.41. The van der Waals surface area contributed by atoms with Crippen molar-refractivity contribution in [2.45, 2.75) is 28.3 Å². The minimum absolute atomic E-state index is 0.0314. The fourth-order valence-electron chi connectivity index (χ4n) is 2.74. The highest BCUT2D eigenvalue weighted by Crippen LogP contribution is 2.32. The number of aromatic nitrogens is 2. The highest BCUT2D eigenvalue weighted by molar-refractivity contribution is 8.02. The van der Waals surface area contributed by atoms with Gasteiger partial charge in [0, 0.05) is 36.9 Å². The van der Waals surface area contributed by atoms with Gasteiger partial charge in [0.1, 0.15) is 10.1 Å². The standard InChI is InChI=1S/C20H26N4O2S2/c1-16-3-5-17(6-4-16)28-20-19(22-8-9-23-20)27-15-18(25)21-7-2-10-24-11-13-26-14-12-24/h3-6,8-9H,2,7,10-15H2,1H3,(H,21,25). The smallest absolute Gasteiger partial charge is 0.230 e. The van der Waals surface area contributed by atoms with Crippen molar-refractivity contribution in [2.24, 2.45) is 0 Å².